The van der Waals surface area contributed by atoms with Crippen LogP contribution in [0, 0.1) is 0 Å². The lowest BCUT2D eigenvalue weighted by Crippen LogP contribution is -2.32. The number of likely N-dealkylation sites (N-methyl/N-ethyl adjacent to an activating group) is 1. The Morgan fingerprint density at radius 3 is 2.31 bits per heavy atom. The SMILES string of the molecule is CN(CC(=O)Nc1cc2c(cc1Cl)C(=O)c1ccccc1C2=O)C1CCc2ccccc21. The Balaban J connectivity index is 1.36. The largest absolute Gasteiger partial charge is 0.324 e. The number of benzene rings is 3. The van der Waals surface area contributed by atoms with Gasteiger partial charge in [-0.2, -0.15) is 0 Å². The van der Waals surface area contributed by atoms with E-state index in [-0.39, 0.29) is 46.2 Å². The summed E-state index contributed by atoms with van der Waals surface area (Å²) in [7, 11) is 1.93. The fourth-order valence-corrected chi connectivity index (χ4v) is 4.94. The second-order valence-corrected chi connectivity index (χ2v) is 8.71. The predicted molar refractivity (Wildman–Crippen MR) is 124 cm³/mol. The molecule has 0 aliphatic heterocycles. The molecule has 5 nitrogen and oxygen atoms in total. The van der Waals surface area contributed by atoms with Crippen LogP contribution in [0.3, 0.4) is 0 Å². The summed E-state index contributed by atoms with van der Waals surface area (Å²) in [5.74, 6) is -0.717. The Hall–Kier alpha value is -3.28. The molecule has 3 aromatic rings. The molecule has 0 saturated carbocycles. The van der Waals surface area contributed by atoms with Crippen LogP contribution in [0.5, 0.6) is 0 Å². The molecular weight excluding hydrogens is 424 g/mol. The van der Waals surface area contributed by atoms with Crippen LogP contribution in [0.4, 0.5) is 5.69 Å². The molecule has 0 heterocycles. The van der Waals surface area contributed by atoms with Crippen LogP contribution in [0.25, 0.3) is 0 Å². The van der Waals surface area contributed by atoms with Gasteiger partial charge < -0.3 is 5.32 Å². The molecule has 32 heavy (non-hydrogen) atoms. The number of fused-ring (bicyclic) bond motifs is 3. The maximum Gasteiger partial charge on any atom is 0.238 e. The quantitative estimate of drug-likeness (QED) is 0.496. The number of carbonyl (C=O) groups excluding carboxylic acids is 3. The lowest BCUT2D eigenvalue weighted by atomic mass is 9.84. The third kappa shape index (κ3) is 3.44. The predicted octanol–water partition coefficient (Wildman–Crippen LogP) is 4.67. The van der Waals surface area contributed by atoms with Crippen molar-refractivity contribution in [3.05, 3.63) is 99.1 Å². The molecule has 1 amide bonds. The van der Waals surface area contributed by atoms with Crippen LogP contribution in [0.2, 0.25) is 5.02 Å². The highest BCUT2D eigenvalue weighted by molar-refractivity contribution is 6.36. The van der Waals surface area contributed by atoms with E-state index < -0.39 is 0 Å². The average molecular weight is 445 g/mol. The van der Waals surface area contributed by atoms with Crippen molar-refractivity contribution in [3.8, 4) is 0 Å². The fourth-order valence-electron chi connectivity index (χ4n) is 4.73. The van der Waals surface area contributed by atoms with Crippen molar-refractivity contribution < 1.29 is 14.4 Å². The van der Waals surface area contributed by atoms with Gasteiger partial charge in [0.05, 0.1) is 17.3 Å². The van der Waals surface area contributed by atoms with Gasteiger partial charge in [0.25, 0.3) is 0 Å². The average Bonchev–Trinajstić information content (AvgIpc) is 3.23. The molecule has 0 saturated heterocycles. The molecule has 0 spiro atoms. The van der Waals surface area contributed by atoms with E-state index in [4.69, 9.17) is 11.6 Å². The highest BCUT2D eigenvalue weighted by Gasteiger charge is 2.31. The van der Waals surface area contributed by atoms with Gasteiger partial charge in [-0.15, -0.1) is 0 Å². The maximum atomic E-state index is 13.0. The van der Waals surface area contributed by atoms with E-state index in [0.29, 0.717) is 16.8 Å². The highest BCUT2D eigenvalue weighted by atomic mass is 35.5. The molecule has 160 valence electrons. The van der Waals surface area contributed by atoms with Gasteiger partial charge >= 0.3 is 0 Å². The Morgan fingerprint density at radius 1 is 0.969 bits per heavy atom. The zero-order chi connectivity index (χ0) is 22.4. The number of hydrogen-bond acceptors (Lipinski definition) is 4. The Labute approximate surface area is 191 Å². The van der Waals surface area contributed by atoms with Gasteiger partial charge in [-0.1, -0.05) is 60.1 Å². The summed E-state index contributed by atoms with van der Waals surface area (Å²) in [6.45, 7) is 0.183. The third-order valence-corrected chi connectivity index (χ3v) is 6.63. The molecule has 2 aliphatic rings. The molecule has 0 aromatic heterocycles. The third-order valence-electron chi connectivity index (χ3n) is 6.31. The Bertz CT molecular complexity index is 1280. The summed E-state index contributed by atoms with van der Waals surface area (Å²) >= 11 is 6.38. The van der Waals surface area contributed by atoms with Gasteiger partial charge in [0.2, 0.25) is 5.91 Å². The Kier molecular flexibility index (Phi) is 5.16. The van der Waals surface area contributed by atoms with Crippen molar-refractivity contribution in [1.82, 2.24) is 4.90 Å². The van der Waals surface area contributed by atoms with Crippen molar-refractivity contribution in [2.45, 2.75) is 18.9 Å². The lowest BCUT2D eigenvalue weighted by molar-refractivity contribution is -0.117. The van der Waals surface area contributed by atoms with Crippen LogP contribution in [-0.2, 0) is 11.2 Å². The van der Waals surface area contributed by atoms with E-state index in [0.717, 1.165) is 12.8 Å². The monoisotopic (exact) mass is 444 g/mol. The van der Waals surface area contributed by atoms with Crippen LogP contribution >= 0.6 is 11.6 Å². The standard InChI is InChI=1S/C26H21ClN2O3/c1-29(23-11-10-15-6-2-3-7-16(15)23)14-24(30)28-22-13-20-19(12-21(22)27)25(31)17-8-4-5-9-18(17)26(20)32/h2-9,12-13,23H,10-11,14H2,1H3,(H,28,30). The van der Waals surface area contributed by atoms with E-state index >= 15 is 0 Å². The number of rotatable bonds is 4. The number of nitrogens with one attached hydrogen (secondary N) is 1. The Morgan fingerprint density at radius 2 is 1.59 bits per heavy atom. The smallest absolute Gasteiger partial charge is 0.238 e. The van der Waals surface area contributed by atoms with E-state index in [1.807, 2.05) is 24.1 Å². The van der Waals surface area contributed by atoms with Gasteiger partial charge in [0, 0.05) is 28.3 Å². The number of ketones is 2. The molecule has 1 N–H and O–H groups in total. The summed E-state index contributed by atoms with van der Waals surface area (Å²) in [5.41, 5.74) is 4.17. The number of amides is 1. The molecule has 1 atom stereocenters. The zero-order valence-corrected chi connectivity index (χ0v) is 18.3. The lowest BCUT2D eigenvalue weighted by Gasteiger charge is -2.25. The topological polar surface area (TPSA) is 66.5 Å². The van der Waals surface area contributed by atoms with Gasteiger partial charge in [-0.3, -0.25) is 19.3 Å². The molecule has 5 rings (SSSR count). The number of anilines is 1. The molecule has 3 aromatic carbocycles. The molecule has 0 fully saturated rings. The zero-order valence-electron chi connectivity index (χ0n) is 17.5. The first-order chi connectivity index (χ1) is 15.4. The number of carbonyl (C=O) groups is 3. The molecule has 2 aliphatic carbocycles. The summed E-state index contributed by atoms with van der Waals surface area (Å²) in [6.07, 6.45) is 1.97. The number of halogens is 1. The number of hydrogen-bond donors (Lipinski definition) is 1. The summed E-state index contributed by atoms with van der Waals surface area (Å²) in [6, 6.07) is 18.2. The van der Waals surface area contributed by atoms with Crippen molar-refractivity contribution in [3.63, 3.8) is 0 Å². The first-order valence-electron chi connectivity index (χ1n) is 10.5. The van der Waals surface area contributed by atoms with E-state index in [1.54, 1.807) is 24.3 Å². The molecule has 6 heteroatoms. The van der Waals surface area contributed by atoms with Crippen LogP contribution in [0.15, 0.2) is 60.7 Å². The van der Waals surface area contributed by atoms with Gasteiger partial charge in [-0.05, 0) is 43.1 Å². The number of aryl methyl sites for hydroxylation is 1. The summed E-state index contributed by atoms with van der Waals surface area (Å²) in [4.78, 5) is 40.6. The van der Waals surface area contributed by atoms with Gasteiger partial charge in [0.15, 0.2) is 11.6 Å². The van der Waals surface area contributed by atoms with E-state index in [1.165, 1.54) is 23.3 Å². The second-order valence-electron chi connectivity index (χ2n) is 8.30. The summed E-state index contributed by atoms with van der Waals surface area (Å²) < 4.78 is 0. The minimum Gasteiger partial charge on any atom is -0.324 e. The molecule has 1 unspecified atom stereocenters. The van der Waals surface area contributed by atoms with Crippen LogP contribution < -0.4 is 5.32 Å². The maximum absolute atomic E-state index is 13.0. The van der Waals surface area contributed by atoms with E-state index in [9.17, 15) is 14.4 Å². The minimum absolute atomic E-state index is 0.183. The van der Waals surface area contributed by atoms with Crippen LogP contribution in [0.1, 0.15) is 55.4 Å². The first kappa shape index (κ1) is 20.6. The normalized spacial score (nSPS) is 16.5. The van der Waals surface area contributed by atoms with Crippen molar-refractivity contribution in [2.75, 3.05) is 18.9 Å². The van der Waals surface area contributed by atoms with Crippen molar-refractivity contribution in [2.24, 2.45) is 0 Å². The van der Waals surface area contributed by atoms with Crippen LogP contribution in [-0.4, -0.2) is 36.0 Å². The van der Waals surface area contributed by atoms with Crippen molar-refractivity contribution in [1.29, 1.82) is 0 Å². The molecule has 0 radical (unpaired) electrons. The highest BCUT2D eigenvalue weighted by Crippen LogP contribution is 2.35. The second kappa shape index (κ2) is 8.01. The van der Waals surface area contributed by atoms with Crippen molar-refractivity contribution >= 4 is 34.8 Å². The van der Waals surface area contributed by atoms with Gasteiger partial charge in [0.1, 0.15) is 0 Å². The summed E-state index contributed by atoms with van der Waals surface area (Å²) in [5, 5.41) is 3.05. The molecular formula is C26H21ClN2O3. The van der Waals surface area contributed by atoms with Gasteiger partial charge in [-0.25, -0.2) is 0 Å². The number of nitrogens with zero attached hydrogens (tertiary/aromatic N) is 1. The molecule has 0 bridgehead atoms. The first-order valence-corrected chi connectivity index (χ1v) is 10.9. The van der Waals surface area contributed by atoms with E-state index in [2.05, 4.69) is 17.4 Å². The minimum atomic E-state index is -0.248. The fraction of sp³-hybridized carbons (Fsp3) is 0.192.